The van der Waals surface area contributed by atoms with Crippen molar-refractivity contribution in [1.82, 2.24) is 19.7 Å². The molecule has 0 aromatic carbocycles. The standard InChI is InChI=1S/C17H24N4O2/c1-11-9-15(13(3)23-11)12(2)17(22)21-7-5-14(6-8-21)16-19-18-10-20(16)4/h9-10,12,14H,5-8H2,1-4H3/t12-/m0/s1. The van der Waals surface area contributed by atoms with Gasteiger partial charge >= 0.3 is 0 Å². The number of amides is 1. The van der Waals surface area contributed by atoms with Crippen LogP contribution in [0.1, 0.15) is 54.5 Å². The van der Waals surface area contributed by atoms with Gasteiger partial charge in [0, 0.05) is 31.6 Å². The molecule has 1 aliphatic heterocycles. The number of hydrogen-bond acceptors (Lipinski definition) is 4. The van der Waals surface area contributed by atoms with Crippen LogP contribution in [0.5, 0.6) is 0 Å². The first-order valence-electron chi connectivity index (χ1n) is 8.17. The molecular weight excluding hydrogens is 292 g/mol. The Balaban J connectivity index is 1.64. The molecule has 23 heavy (non-hydrogen) atoms. The smallest absolute Gasteiger partial charge is 0.229 e. The zero-order valence-electron chi connectivity index (χ0n) is 14.2. The van der Waals surface area contributed by atoms with Gasteiger partial charge < -0.3 is 13.9 Å². The highest BCUT2D eigenvalue weighted by atomic mass is 16.3. The molecule has 124 valence electrons. The van der Waals surface area contributed by atoms with E-state index in [0.29, 0.717) is 5.92 Å². The highest BCUT2D eigenvalue weighted by Crippen LogP contribution is 2.30. The van der Waals surface area contributed by atoms with Gasteiger partial charge in [0.15, 0.2) is 0 Å². The number of carbonyl (C=O) groups is 1. The molecule has 0 unspecified atom stereocenters. The number of aryl methyl sites for hydroxylation is 3. The Morgan fingerprint density at radius 1 is 1.35 bits per heavy atom. The maximum absolute atomic E-state index is 12.8. The maximum Gasteiger partial charge on any atom is 0.229 e. The Hall–Kier alpha value is -2.11. The van der Waals surface area contributed by atoms with Gasteiger partial charge in [-0.1, -0.05) is 0 Å². The number of rotatable bonds is 3. The minimum atomic E-state index is -0.154. The van der Waals surface area contributed by atoms with Crippen LogP contribution in [0.15, 0.2) is 16.8 Å². The molecule has 1 aliphatic rings. The van der Waals surface area contributed by atoms with E-state index in [1.54, 1.807) is 6.33 Å². The van der Waals surface area contributed by atoms with Gasteiger partial charge in [-0.3, -0.25) is 4.79 Å². The number of likely N-dealkylation sites (tertiary alicyclic amines) is 1. The quantitative estimate of drug-likeness (QED) is 0.873. The van der Waals surface area contributed by atoms with Crippen LogP contribution >= 0.6 is 0 Å². The number of carbonyl (C=O) groups excluding carboxylic acids is 1. The molecule has 0 radical (unpaired) electrons. The average Bonchev–Trinajstić information content (AvgIpc) is 3.11. The number of aromatic nitrogens is 3. The summed E-state index contributed by atoms with van der Waals surface area (Å²) in [5.74, 6) is 3.14. The lowest BCUT2D eigenvalue weighted by Crippen LogP contribution is -2.40. The van der Waals surface area contributed by atoms with Gasteiger partial charge in [-0.2, -0.15) is 0 Å². The van der Waals surface area contributed by atoms with Crippen molar-refractivity contribution in [2.45, 2.75) is 45.4 Å². The molecule has 2 aromatic heterocycles. The van der Waals surface area contributed by atoms with Crippen molar-refractivity contribution in [3.8, 4) is 0 Å². The molecule has 2 aromatic rings. The van der Waals surface area contributed by atoms with Crippen molar-refractivity contribution < 1.29 is 9.21 Å². The summed E-state index contributed by atoms with van der Waals surface area (Å²) >= 11 is 0. The summed E-state index contributed by atoms with van der Waals surface area (Å²) in [6.45, 7) is 7.36. The van der Waals surface area contributed by atoms with E-state index in [2.05, 4.69) is 10.2 Å². The largest absolute Gasteiger partial charge is 0.466 e. The Labute approximate surface area is 136 Å². The first-order chi connectivity index (χ1) is 11.0. The van der Waals surface area contributed by atoms with E-state index in [4.69, 9.17) is 4.42 Å². The monoisotopic (exact) mass is 316 g/mol. The first kappa shape index (κ1) is 15.8. The lowest BCUT2D eigenvalue weighted by Gasteiger charge is -2.33. The SMILES string of the molecule is Cc1cc([C@H](C)C(=O)N2CCC(c3nncn3C)CC2)c(C)o1. The number of furan rings is 1. The molecule has 0 aliphatic carbocycles. The molecule has 1 atom stereocenters. The Bertz CT molecular complexity index is 695. The molecule has 3 heterocycles. The topological polar surface area (TPSA) is 64.2 Å². The van der Waals surface area contributed by atoms with Crippen LogP contribution in [0.4, 0.5) is 0 Å². The average molecular weight is 316 g/mol. The Morgan fingerprint density at radius 3 is 2.57 bits per heavy atom. The van der Waals surface area contributed by atoms with Crippen LogP contribution in [-0.4, -0.2) is 38.7 Å². The second-order valence-electron chi connectivity index (χ2n) is 6.49. The van der Waals surface area contributed by atoms with Crippen molar-refractivity contribution in [3.63, 3.8) is 0 Å². The molecule has 1 saturated heterocycles. The van der Waals surface area contributed by atoms with Crippen molar-refractivity contribution >= 4 is 5.91 Å². The van der Waals surface area contributed by atoms with Gasteiger partial charge in [-0.15, -0.1) is 10.2 Å². The van der Waals surface area contributed by atoms with E-state index in [0.717, 1.165) is 48.8 Å². The van der Waals surface area contributed by atoms with Crippen LogP contribution < -0.4 is 0 Å². The molecular formula is C17H24N4O2. The molecule has 0 bridgehead atoms. The summed E-state index contributed by atoms with van der Waals surface area (Å²) in [5.41, 5.74) is 1.00. The zero-order valence-corrected chi connectivity index (χ0v) is 14.2. The lowest BCUT2D eigenvalue weighted by atomic mass is 9.93. The van der Waals surface area contributed by atoms with Crippen LogP contribution in [0.2, 0.25) is 0 Å². The molecule has 6 heteroatoms. The molecule has 1 amide bonds. The van der Waals surface area contributed by atoms with Crippen LogP contribution in [0, 0.1) is 13.8 Å². The summed E-state index contributed by atoms with van der Waals surface area (Å²) in [6.07, 6.45) is 3.61. The highest BCUT2D eigenvalue weighted by Gasteiger charge is 2.30. The van der Waals surface area contributed by atoms with Crippen molar-refractivity contribution in [2.75, 3.05) is 13.1 Å². The van der Waals surface area contributed by atoms with Gasteiger partial charge in [0.25, 0.3) is 0 Å². The maximum atomic E-state index is 12.8. The minimum absolute atomic E-state index is 0.154. The fourth-order valence-corrected chi connectivity index (χ4v) is 3.51. The molecule has 0 spiro atoms. The summed E-state index contributed by atoms with van der Waals surface area (Å²) in [5, 5.41) is 8.16. The van der Waals surface area contributed by atoms with E-state index in [1.807, 2.05) is 43.4 Å². The van der Waals surface area contributed by atoms with E-state index in [1.165, 1.54) is 0 Å². The predicted molar refractivity (Wildman–Crippen MR) is 86.2 cm³/mol. The third kappa shape index (κ3) is 3.02. The Morgan fingerprint density at radius 2 is 2.04 bits per heavy atom. The normalized spacial score (nSPS) is 17.5. The van der Waals surface area contributed by atoms with Gasteiger partial charge in [0.1, 0.15) is 23.7 Å². The van der Waals surface area contributed by atoms with E-state index >= 15 is 0 Å². The minimum Gasteiger partial charge on any atom is -0.466 e. The van der Waals surface area contributed by atoms with Crippen LogP contribution in [0.25, 0.3) is 0 Å². The highest BCUT2D eigenvalue weighted by molar-refractivity contribution is 5.83. The summed E-state index contributed by atoms with van der Waals surface area (Å²) in [4.78, 5) is 14.7. The third-order valence-electron chi connectivity index (χ3n) is 4.83. The van der Waals surface area contributed by atoms with Crippen LogP contribution in [0.3, 0.4) is 0 Å². The van der Waals surface area contributed by atoms with Gasteiger partial charge in [0.05, 0.1) is 5.92 Å². The zero-order chi connectivity index (χ0) is 16.6. The van der Waals surface area contributed by atoms with Gasteiger partial charge in [0.2, 0.25) is 5.91 Å². The van der Waals surface area contributed by atoms with Crippen molar-refractivity contribution in [2.24, 2.45) is 7.05 Å². The number of piperidine rings is 1. The summed E-state index contributed by atoms with van der Waals surface area (Å²) in [6, 6.07) is 1.98. The summed E-state index contributed by atoms with van der Waals surface area (Å²) in [7, 11) is 1.97. The predicted octanol–water partition coefficient (Wildman–Crippen LogP) is 2.53. The molecule has 0 N–H and O–H groups in total. The first-order valence-corrected chi connectivity index (χ1v) is 8.17. The fraction of sp³-hybridized carbons (Fsp3) is 0.588. The second-order valence-corrected chi connectivity index (χ2v) is 6.49. The summed E-state index contributed by atoms with van der Waals surface area (Å²) < 4.78 is 7.54. The number of hydrogen-bond donors (Lipinski definition) is 0. The van der Waals surface area contributed by atoms with Crippen molar-refractivity contribution in [3.05, 3.63) is 35.3 Å². The third-order valence-corrected chi connectivity index (χ3v) is 4.83. The van der Waals surface area contributed by atoms with E-state index < -0.39 is 0 Å². The lowest BCUT2D eigenvalue weighted by molar-refractivity contribution is -0.133. The number of nitrogens with zero attached hydrogens (tertiary/aromatic N) is 4. The second kappa shape index (κ2) is 6.18. The molecule has 1 fully saturated rings. The molecule has 0 saturated carbocycles. The van der Waals surface area contributed by atoms with Crippen molar-refractivity contribution in [1.29, 1.82) is 0 Å². The fourth-order valence-electron chi connectivity index (χ4n) is 3.51. The van der Waals surface area contributed by atoms with E-state index in [-0.39, 0.29) is 11.8 Å². The van der Waals surface area contributed by atoms with E-state index in [9.17, 15) is 4.79 Å². The van der Waals surface area contributed by atoms with Gasteiger partial charge in [-0.25, -0.2) is 0 Å². The molecule has 6 nitrogen and oxygen atoms in total. The van der Waals surface area contributed by atoms with Crippen LogP contribution in [-0.2, 0) is 11.8 Å². The molecule has 3 rings (SSSR count). The Kier molecular flexibility index (Phi) is 4.24. The van der Waals surface area contributed by atoms with Gasteiger partial charge in [-0.05, 0) is 39.7 Å².